The van der Waals surface area contributed by atoms with Gasteiger partial charge in [-0.25, -0.2) is 0 Å². The van der Waals surface area contributed by atoms with Gasteiger partial charge in [-0.2, -0.15) is 0 Å². The fraction of sp³-hybridized carbons (Fsp3) is 0.845. The zero-order valence-electron chi connectivity index (χ0n) is 66.4. The average molecular weight is 1650 g/mol. The first-order chi connectivity index (χ1) is 53.8. The standard InChI is InChI=1S/C34H60N4O15.C33H61N7O15.C4H9NO/c1-19-26(43)28(45)30(47)33(52-19)50-13-7-10-22(40)17-38(16-21(39)9-5-3-4-6-12-25(42)37-15-24(35)32(36)49)18-23(41)11-8-14-51-34-31(48)29(46)27(44)20(2)53-34;1-4-35-31(51)20(34)14-39-21(41)8-6-5-7-9-36-22(42)15-40(16-23(43)37-10-12-52-32-29(49)27(47)25(45)18(2)54-32)17-24(44)38-11-13-53-33-30(50)28(48)26(46)19(3)55-33;1-4(6)3-5-2/h19-20,24,26-31,33-34,43-48H,3-18,35H2,1-2H3,(H2,36,49)(H,37,42);18-20,25-30,32-33,45-50H,4-17,34H2,1-3H3,(H,35,51)(H,36,42)(H,37,43)(H,38,44)(H,39,41);5H,3H2,1-2H3/t19-,20-,24+,26+,27+,28+,29+,30-,31-,33+,34+;18-,19-,20+,25+,26+,27+,28+,29-,30-,32+,33+;/m00./s1. The van der Waals surface area contributed by atoms with Gasteiger partial charge in [-0.15, -0.1) is 0 Å². The van der Waals surface area contributed by atoms with E-state index in [0.717, 1.165) is 0 Å². The van der Waals surface area contributed by atoms with Crippen LogP contribution in [0.3, 0.4) is 0 Å². The van der Waals surface area contributed by atoms with Crippen molar-refractivity contribution in [2.45, 2.75) is 266 Å². The van der Waals surface area contributed by atoms with E-state index >= 15 is 0 Å². The van der Waals surface area contributed by atoms with Crippen LogP contribution in [-0.2, 0) is 90.6 Å². The zero-order valence-corrected chi connectivity index (χ0v) is 66.4. The van der Waals surface area contributed by atoms with Crippen molar-refractivity contribution < 1.29 is 152 Å². The molecule has 7 amide bonds. The number of rotatable bonds is 52. The smallest absolute Gasteiger partial charge is 0.238 e. The highest BCUT2D eigenvalue weighted by atomic mass is 16.7. The van der Waals surface area contributed by atoms with Crippen LogP contribution in [-0.4, -0.2) is 389 Å². The third kappa shape index (κ3) is 41.4. The van der Waals surface area contributed by atoms with Crippen LogP contribution >= 0.6 is 0 Å². The molecule has 43 heteroatoms. The molecule has 0 saturated carbocycles. The average Bonchev–Trinajstić information content (AvgIpc) is 0.843. The molecule has 4 fully saturated rings. The summed E-state index contributed by atoms with van der Waals surface area (Å²) < 4.78 is 43.3. The van der Waals surface area contributed by atoms with Crippen LogP contribution in [0.4, 0.5) is 0 Å². The molecule has 25 N–H and O–H groups in total. The molecular weight excluding hydrogens is 1520 g/mol. The number of aliphatic hydroxyl groups excluding tert-OH is 12. The van der Waals surface area contributed by atoms with Crippen LogP contribution in [0.5, 0.6) is 0 Å². The molecule has 4 heterocycles. The maximum absolute atomic E-state index is 12.9. The number of nitrogens with zero attached hydrogens (tertiary/aromatic N) is 2. The van der Waals surface area contributed by atoms with Gasteiger partial charge in [0.2, 0.25) is 41.4 Å². The van der Waals surface area contributed by atoms with Crippen molar-refractivity contribution in [3.63, 3.8) is 0 Å². The molecule has 660 valence electrons. The van der Waals surface area contributed by atoms with Gasteiger partial charge in [-0.05, 0) is 87.1 Å². The summed E-state index contributed by atoms with van der Waals surface area (Å²) in [7, 11) is 1.75. The van der Waals surface area contributed by atoms with Gasteiger partial charge >= 0.3 is 0 Å². The molecule has 4 aliphatic heterocycles. The molecule has 0 radical (unpaired) electrons. The van der Waals surface area contributed by atoms with Crippen LogP contribution < -0.4 is 54.4 Å². The molecule has 0 aromatic carbocycles. The number of likely N-dealkylation sites (N-methyl/N-ethyl adjacent to an activating group) is 2. The molecule has 0 aliphatic carbocycles. The van der Waals surface area contributed by atoms with Crippen molar-refractivity contribution in [3.05, 3.63) is 0 Å². The number of nitrogens with one attached hydrogen (secondary N) is 7. The number of hydrogen-bond donors (Lipinski definition) is 22. The lowest BCUT2D eigenvalue weighted by Crippen LogP contribution is -2.57. The number of Topliss-reactive ketones (excluding diaryl/α,β-unsaturated/α-hetero) is 4. The SMILES string of the molecule is CCNC(=O)[C@H](N)CNC(=O)CCCCCNC(=O)CN(CC(=O)NCCO[C@@H]1O[C@@H](C)[C@@H](O)[C@@H](O)[C@@H]1O)CC(=O)NCCO[C@@H]1O[C@@H](C)[C@@H](O)[C@@H](O)[C@@H]1O.CNCC(C)=O.C[C@@H]1O[C@@H](OCCCC(=O)CN(CC(=O)CCCCCCC(=O)NC[C@@H](N)C(N)=O)CC(=O)CCCO[C@@H]2O[C@@H](C)[C@@H](O)[C@@H](O)[C@@H]2O)[C@@H](O)[C@H](O)[C@@H]1O. The molecule has 0 aromatic rings. The second kappa shape index (κ2) is 57.2. The van der Waals surface area contributed by atoms with Crippen molar-refractivity contribution in [2.75, 3.05) is 119 Å². The molecule has 0 spiro atoms. The van der Waals surface area contributed by atoms with E-state index in [9.17, 15) is 114 Å². The largest absolute Gasteiger partial charge is 0.388 e. The number of aliphatic hydroxyl groups is 12. The van der Waals surface area contributed by atoms with Crippen LogP contribution in [0.1, 0.15) is 131 Å². The number of ketones is 4. The summed E-state index contributed by atoms with van der Waals surface area (Å²) in [5.74, 6) is -3.71. The minimum atomic E-state index is -1.52. The van der Waals surface area contributed by atoms with E-state index in [4.69, 9.17) is 55.1 Å². The van der Waals surface area contributed by atoms with E-state index in [-0.39, 0.29) is 184 Å². The first-order valence-corrected chi connectivity index (χ1v) is 38.6. The van der Waals surface area contributed by atoms with E-state index in [2.05, 4.69) is 37.2 Å². The molecule has 0 aromatic heterocycles. The first kappa shape index (κ1) is 104. The lowest BCUT2D eigenvalue weighted by Gasteiger charge is -2.38. The van der Waals surface area contributed by atoms with Crippen LogP contribution in [0, 0.1) is 0 Å². The Morgan fingerprint density at radius 2 is 0.675 bits per heavy atom. The highest BCUT2D eigenvalue weighted by Gasteiger charge is 2.46. The number of nitrogens with two attached hydrogens (primary N) is 3. The van der Waals surface area contributed by atoms with Gasteiger partial charge in [-0.3, -0.25) is 62.5 Å². The Kier molecular flexibility index (Phi) is 52.2. The number of unbranched alkanes of at least 4 members (excludes halogenated alkanes) is 5. The molecule has 4 saturated heterocycles. The van der Waals surface area contributed by atoms with Crippen LogP contribution in [0.15, 0.2) is 0 Å². The Bertz CT molecular complexity index is 2760. The number of primary amides is 1. The predicted molar refractivity (Wildman–Crippen MR) is 399 cm³/mol. The van der Waals surface area contributed by atoms with Gasteiger partial charge in [-0.1, -0.05) is 19.3 Å². The third-order valence-electron chi connectivity index (χ3n) is 18.2. The van der Waals surface area contributed by atoms with Gasteiger partial charge in [0.25, 0.3) is 0 Å². The van der Waals surface area contributed by atoms with Crippen LogP contribution in [0.2, 0.25) is 0 Å². The van der Waals surface area contributed by atoms with Gasteiger partial charge in [0, 0.05) is 71.4 Å². The highest BCUT2D eigenvalue weighted by Crippen LogP contribution is 2.26. The number of hydrogen-bond acceptors (Lipinski definition) is 36. The summed E-state index contributed by atoms with van der Waals surface area (Å²) in [6.45, 7) is 8.52. The fourth-order valence-electron chi connectivity index (χ4n) is 11.5. The number of carbonyl (C=O) groups is 11. The summed E-state index contributed by atoms with van der Waals surface area (Å²) in [5, 5.41) is 138. The second-order valence-corrected chi connectivity index (χ2v) is 28.4. The Balaban J connectivity index is 0.000000721. The van der Waals surface area contributed by atoms with E-state index in [1.165, 1.54) is 37.5 Å². The fourth-order valence-corrected chi connectivity index (χ4v) is 11.5. The quantitative estimate of drug-likeness (QED) is 0.0252. The third-order valence-corrected chi connectivity index (χ3v) is 18.2. The minimum Gasteiger partial charge on any atom is -0.388 e. The molecule has 4 rings (SSSR count). The van der Waals surface area contributed by atoms with Gasteiger partial charge in [0.05, 0.1) is 96.7 Å². The van der Waals surface area contributed by atoms with Gasteiger partial charge in [0.15, 0.2) is 25.2 Å². The number of ether oxygens (including phenoxy) is 8. The topological polar surface area (TPSA) is 673 Å². The van der Waals surface area contributed by atoms with Crippen molar-refractivity contribution in [1.82, 2.24) is 47.0 Å². The maximum Gasteiger partial charge on any atom is 0.238 e. The van der Waals surface area contributed by atoms with Crippen molar-refractivity contribution in [2.24, 2.45) is 17.2 Å². The van der Waals surface area contributed by atoms with E-state index in [0.29, 0.717) is 58.0 Å². The monoisotopic (exact) mass is 1650 g/mol. The molecular formula is C71H130N12O31. The molecule has 0 bridgehead atoms. The molecule has 114 heavy (non-hydrogen) atoms. The lowest BCUT2D eigenvalue weighted by molar-refractivity contribution is -0.293. The van der Waals surface area contributed by atoms with Gasteiger partial charge < -0.3 is 154 Å². The minimum absolute atomic E-state index is 0.00237. The molecule has 43 nitrogen and oxygen atoms in total. The Morgan fingerprint density at radius 1 is 0.368 bits per heavy atom. The highest BCUT2D eigenvalue weighted by molar-refractivity contribution is 5.87. The van der Waals surface area contributed by atoms with Crippen molar-refractivity contribution in [1.29, 1.82) is 0 Å². The van der Waals surface area contributed by atoms with Gasteiger partial charge in [0.1, 0.15) is 108 Å². The Labute approximate surface area is 663 Å². The Hall–Kier alpha value is -6.03. The van der Waals surface area contributed by atoms with E-state index < -0.39 is 159 Å². The number of carbonyl (C=O) groups excluding carboxylic acids is 11. The maximum atomic E-state index is 12.9. The van der Waals surface area contributed by atoms with Crippen molar-refractivity contribution in [3.8, 4) is 0 Å². The van der Waals surface area contributed by atoms with E-state index in [1.54, 1.807) is 20.9 Å². The summed E-state index contributed by atoms with van der Waals surface area (Å²) in [5.41, 5.74) is 16.3. The zero-order chi connectivity index (χ0) is 85.7. The summed E-state index contributed by atoms with van der Waals surface area (Å²) in [6.07, 6.45) is -19.8. The first-order valence-electron chi connectivity index (χ1n) is 38.6. The summed E-state index contributed by atoms with van der Waals surface area (Å²) in [6, 6.07) is -1.81. The van der Waals surface area contributed by atoms with Crippen LogP contribution in [0.25, 0.3) is 0 Å². The molecule has 22 atom stereocenters. The molecule has 0 unspecified atom stereocenters. The summed E-state index contributed by atoms with van der Waals surface area (Å²) in [4.78, 5) is 136. The Morgan fingerprint density at radius 3 is 1.00 bits per heavy atom. The summed E-state index contributed by atoms with van der Waals surface area (Å²) >= 11 is 0. The normalized spacial score (nSPS) is 27.9. The molecule has 4 aliphatic rings. The van der Waals surface area contributed by atoms with Crippen molar-refractivity contribution >= 4 is 64.5 Å². The van der Waals surface area contributed by atoms with E-state index in [1.807, 2.05) is 0 Å². The predicted octanol–water partition coefficient (Wildman–Crippen LogP) is -10.2. The lowest BCUT2D eigenvalue weighted by atomic mass is 10.00. The second-order valence-electron chi connectivity index (χ2n) is 28.4. The number of amides is 7.